The van der Waals surface area contributed by atoms with Crippen molar-refractivity contribution in [3.8, 4) is 28.4 Å². The number of ether oxygens (including phenoxy) is 3. The van der Waals surface area contributed by atoms with Crippen molar-refractivity contribution in [1.29, 1.82) is 0 Å². The minimum atomic E-state index is -0.0816. The third-order valence-corrected chi connectivity index (χ3v) is 12.1. The Morgan fingerprint density at radius 1 is 0.982 bits per heavy atom. The Hall–Kier alpha value is -4.32. The van der Waals surface area contributed by atoms with Crippen molar-refractivity contribution in [2.75, 3.05) is 66.4 Å². The van der Waals surface area contributed by atoms with Gasteiger partial charge in [0.2, 0.25) is 0 Å². The summed E-state index contributed by atoms with van der Waals surface area (Å²) >= 11 is 5.04. The lowest BCUT2D eigenvalue weighted by Crippen LogP contribution is -2.46. The molecule has 0 amide bonds. The molecule has 0 spiro atoms. The minimum Gasteiger partial charge on any atom is -0.496 e. The molecule has 2 aromatic carbocycles. The summed E-state index contributed by atoms with van der Waals surface area (Å²) in [5.74, 6) is 3.75. The molecule has 1 saturated heterocycles. The third-order valence-electron chi connectivity index (χ3n) is 11.8. The normalized spacial score (nSPS) is 18.9. The predicted molar refractivity (Wildman–Crippen MR) is 226 cm³/mol. The summed E-state index contributed by atoms with van der Waals surface area (Å²) in [7, 11) is 11.4. The van der Waals surface area contributed by atoms with Crippen molar-refractivity contribution < 1.29 is 19.0 Å². The van der Waals surface area contributed by atoms with Crippen LogP contribution in [0.3, 0.4) is 0 Å². The standard InChI is InChI=1S/C44H57N5O5S/c1-8-13-44(22-35(23-44)54-34-10-9-31(29-55)33(18-34)28-50)14-17-47(4)25-30-11-15-49(16-12-30)27-39-40(52-6)19-32(20-41(39)53-7)38-26-48(5)43(51)37-24-45-42(46(2)3)21-36(37)38/h9-10,18-21,24,26,28-30,35H,8,11-17,22-23,25,27H2,1-7H3. The summed E-state index contributed by atoms with van der Waals surface area (Å²) in [4.78, 5) is 36.0. The number of nitrogens with zero attached hydrogens (tertiary/aromatic N) is 5. The van der Waals surface area contributed by atoms with Crippen LogP contribution in [-0.4, -0.2) is 98.7 Å². The molecule has 0 unspecified atom stereocenters. The van der Waals surface area contributed by atoms with Crippen molar-refractivity contribution in [1.82, 2.24) is 19.4 Å². The Bertz CT molecular complexity index is 2030. The lowest BCUT2D eigenvalue weighted by molar-refractivity contribution is -0.0324. The van der Waals surface area contributed by atoms with Gasteiger partial charge in [-0.25, -0.2) is 4.98 Å². The summed E-state index contributed by atoms with van der Waals surface area (Å²) < 4.78 is 19.9. The number of hydrogen-bond acceptors (Lipinski definition) is 10. The second-order valence-electron chi connectivity index (χ2n) is 16.0. The zero-order valence-corrected chi connectivity index (χ0v) is 34.4. The summed E-state index contributed by atoms with van der Waals surface area (Å²) in [5, 5.41) is 2.96. The van der Waals surface area contributed by atoms with Crippen LogP contribution in [0, 0.1) is 11.3 Å². The molecule has 0 N–H and O–H groups in total. The Balaban J connectivity index is 1.04. The maximum atomic E-state index is 13.0. The molecule has 294 valence electrons. The summed E-state index contributed by atoms with van der Waals surface area (Å²) in [6, 6.07) is 11.7. The molecule has 2 aromatic heterocycles. The number of aldehydes is 1. The average Bonchev–Trinajstić information content (AvgIpc) is 3.18. The predicted octanol–water partition coefficient (Wildman–Crippen LogP) is 7.41. The summed E-state index contributed by atoms with van der Waals surface area (Å²) in [6.45, 7) is 7.26. The summed E-state index contributed by atoms with van der Waals surface area (Å²) in [6.07, 6.45) is 12.6. The number of pyridine rings is 2. The van der Waals surface area contributed by atoms with Gasteiger partial charge in [0.15, 0.2) is 6.29 Å². The molecule has 2 aliphatic rings. The highest BCUT2D eigenvalue weighted by molar-refractivity contribution is 7.79. The molecular weight excluding hydrogens is 711 g/mol. The SMILES string of the molecule is CCCC1(CCN(C)CC2CCN(Cc3c(OC)cc(-c4cn(C)c(=O)c5cnc(N(C)C)cc45)cc3OC)CC2)CC(Oc2ccc(C=S)c(C=O)c2)C1. The number of rotatable bonds is 17. The Labute approximate surface area is 331 Å². The number of likely N-dealkylation sites (tertiary alicyclic amines) is 1. The number of piperidine rings is 1. The van der Waals surface area contributed by atoms with Crippen LogP contribution in [-0.2, 0) is 13.6 Å². The van der Waals surface area contributed by atoms with Crippen molar-refractivity contribution in [2.45, 2.75) is 64.5 Å². The molecule has 1 aliphatic heterocycles. The monoisotopic (exact) mass is 767 g/mol. The second-order valence-corrected chi connectivity index (χ2v) is 16.2. The van der Waals surface area contributed by atoms with Gasteiger partial charge >= 0.3 is 0 Å². The van der Waals surface area contributed by atoms with Crippen LogP contribution >= 0.6 is 12.2 Å². The Morgan fingerprint density at radius 3 is 2.31 bits per heavy atom. The van der Waals surface area contributed by atoms with Gasteiger partial charge in [0.25, 0.3) is 5.56 Å². The number of benzene rings is 2. The smallest absolute Gasteiger partial charge is 0.259 e. The largest absolute Gasteiger partial charge is 0.496 e. The van der Waals surface area contributed by atoms with Gasteiger partial charge in [-0.05, 0) is 124 Å². The van der Waals surface area contributed by atoms with Crippen molar-refractivity contribution in [3.05, 3.63) is 75.8 Å². The van der Waals surface area contributed by atoms with Crippen LogP contribution in [0.25, 0.3) is 21.9 Å². The summed E-state index contributed by atoms with van der Waals surface area (Å²) in [5.41, 5.74) is 4.46. The quantitative estimate of drug-likeness (QED) is 0.0800. The van der Waals surface area contributed by atoms with E-state index in [9.17, 15) is 9.59 Å². The minimum absolute atomic E-state index is 0.0816. The number of fused-ring (bicyclic) bond motifs is 1. The number of carbonyl (C=O) groups excluding carboxylic acids is 1. The third kappa shape index (κ3) is 9.06. The van der Waals surface area contributed by atoms with Gasteiger partial charge in [-0.3, -0.25) is 14.5 Å². The van der Waals surface area contributed by atoms with Gasteiger partial charge in [-0.15, -0.1) is 0 Å². The molecule has 4 aromatic rings. The fourth-order valence-corrected chi connectivity index (χ4v) is 8.93. The fraction of sp³-hybridized carbons (Fsp3) is 0.500. The number of anilines is 1. The molecule has 1 aliphatic carbocycles. The van der Waals surface area contributed by atoms with Crippen molar-refractivity contribution in [3.63, 3.8) is 0 Å². The molecule has 0 bridgehead atoms. The fourth-order valence-electron chi connectivity index (χ4n) is 8.71. The maximum absolute atomic E-state index is 13.0. The highest BCUT2D eigenvalue weighted by Gasteiger charge is 2.44. The van der Waals surface area contributed by atoms with Crippen LogP contribution in [0.5, 0.6) is 17.2 Å². The highest BCUT2D eigenvalue weighted by atomic mass is 32.1. The molecule has 6 rings (SSSR count). The van der Waals surface area contributed by atoms with Crippen molar-refractivity contribution in [2.24, 2.45) is 18.4 Å². The van der Waals surface area contributed by atoms with E-state index in [4.69, 9.17) is 26.4 Å². The van der Waals surface area contributed by atoms with E-state index >= 15 is 0 Å². The van der Waals surface area contributed by atoms with Gasteiger partial charge in [0, 0.05) is 68.5 Å². The molecule has 0 atom stereocenters. The first-order chi connectivity index (χ1) is 26.5. The lowest BCUT2D eigenvalue weighted by atomic mass is 9.62. The number of aryl methyl sites for hydroxylation is 1. The first-order valence-corrected chi connectivity index (χ1v) is 20.0. The molecule has 0 radical (unpaired) electrons. The maximum Gasteiger partial charge on any atom is 0.259 e. The number of methoxy groups -OCH3 is 2. The first kappa shape index (κ1) is 40.3. The average molecular weight is 768 g/mol. The van der Waals surface area contributed by atoms with Crippen LogP contribution in [0.15, 0.2) is 53.6 Å². The van der Waals surface area contributed by atoms with E-state index in [2.05, 4.69) is 40.9 Å². The number of carbonyl (C=O) groups is 1. The van der Waals surface area contributed by atoms with Crippen LogP contribution in [0.4, 0.5) is 5.82 Å². The van der Waals surface area contributed by atoms with E-state index in [1.165, 1.54) is 24.6 Å². The molecule has 10 nitrogen and oxygen atoms in total. The second kappa shape index (κ2) is 17.6. The molecule has 11 heteroatoms. The van der Waals surface area contributed by atoms with Crippen LogP contribution < -0.4 is 24.7 Å². The van der Waals surface area contributed by atoms with Crippen molar-refractivity contribution >= 4 is 40.5 Å². The van der Waals surface area contributed by atoms with Gasteiger partial charge in [-0.1, -0.05) is 25.6 Å². The zero-order valence-electron chi connectivity index (χ0n) is 33.6. The topological polar surface area (TPSA) is 89.4 Å². The first-order valence-electron chi connectivity index (χ1n) is 19.5. The molecule has 1 saturated carbocycles. The zero-order chi connectivity index (χ0) is 39.3. The van der Waals surface area contributed by atoms with E-state index in [1.54, 1.807) is 32.0 Å². The molecule has 55 heavy (non-hydrogen) atoms. The van der Waals surface area contributed by atoms with E-state index in [0.717, 1.165) is 115 Å². The number of hydrogen-bond donors (Lipinski definition) is 0. The number of aromatic nitrogens is 2. The van der Waals surface area contributed by atoms with Crippen LogP contribution in [0.1, 0.15) is 73.4 Å². The lowest BCUT2D eigenvalue weighted by Gasteiger charge is -2.48. The molecule has 2 fully saturated rings. The molecule has 3 heterocycles. The Kier molecular flexibility index (Phi) is 12.9. The molecular formula is C44H57N5O5S. The van der Waals surface area contributed by atoms with E-state index in [1.807, 2.05) is 49.5 Å². The Morgan fingerprint density at radius 2 is 1.69 bits per heavy atom. The van der Waals surface area contributed by atoms with Gasteiger partial charge < -0.3 is 28.6 Å². The number of thiocarbonyl (C=S) groups is 1. The van der Waals surface area contributed by atoms with E-state index in [-0.39, 0.29) is 11.7 Å². The van der Waals surface area contributed by atoms with E-state index in [0.29, 0.717) is 22.3 Å². The van der Waals surface area contributed by atoms with Gasteiger partial charge in [0.05, 0.1) is 31.3 Å². The van der Waals surface area contributed by atoms with Gasteiger partial charge in [-0.2, -0.15) is 0 Å². The van der Waals surface area contributed by atoms with Crippen LogP contribution in [0.2, 0.25) is 0 Å². The highest BCUT2D eigenvalue weighted by Crippen LogP contribution is 2.49. The van der Waals surface area contributed by atoms with E-state index < -0.39 is 0 Å². The van der Waals surface area contributed by atoms with Gasteiger partial charge in [0.1, 0.15) is 23.1 Å².